The third-order valence-electron chi connectivity index (χ3n) is 1.96. The molecule has 0 rings (SSSR count). The molecule has 7 nitrogen and oxygen atoms in total. The van der Waals surface area contributed by atoms with Gasteiger partial charge in [0.25, 0.3) is 0 Å². The van der Waals surface area contributed by atoms with Gasteiger partial charge in [0.1, 0.15) is 6.04 Å². The Morgan fingerprint density at radius 3 is 2.35 bits per heavy atom. The summed E-state index contributed by atoms with van der Waals surface area (Å²) in [5.41, 5.74) is 5.52. The molecule has 17 heavy (non-hydrogen) atoms. The first-order valence-corrected chi connectivity index (χ1v) is 6.27. The Hall–Kier alpha value is -1.28. The van der Waals surface area contributed by atoms with E-state index in [1.54, 1.807) is 0 Å². The molecule has 0 fully saturated rings. The summed E-state index contributed by atoms with van der Waals surface area (Å²) in [6.07, 6.45) is 1.60. The summed E-state index contributed by atoms with van der Waals surface area (Å²) in [6, 6.07) is -2.27. The van der Waals surface area contributed by atoms with Crippen LogP contribution in [0.15, 0.2) is 0 Å². The zero-order valence-corrected chi connectivity index (χ0v) is 10.2. The molecule has 0 aliphatic carbocycles. The van der Waals surface area contributed by atoms with Crippen LogP contribution in [-0.2, 0) is 14.4 Å². The van der Waals surface area contributed by atoms with Crippen LogP contribution in [0.5, 0.6) is 0 Å². The molecule has 98 valence electrons. The normalized spacial score (nSPS) is 13.8. The number of amides is 1. The van der Waals surface area contributed by atoms with Crippen LogP contribution in [0.3, 0.4) is 0 Å². The number of nitrogens with one attached hydrogen (secondary N) is 1. The van der Waals surface area contributed by atoms with Gasteiger partial charge < -0.3 is 21.3 Å². The molecule has 0 unspecified atom stereocenters. The lowest BCUT2D eigenvalue weighted by atomic mass is 10.1. The Morgan fingerprint density at radius 2 is 1.94 bits per heavy atom. The highest BCUT2D eigenvalue weighted by Crippen LogP contribution is 2.00. The van der Waals surface area contributed by atoms with Gasteiger partial charge in [-0.3, -0.25) is 9.59 Å². The summed E-state index contributed by atoms with van der Waals surface area (Å²) in [5.74, 6) is -2.66. The Morgan fingerprint density at radius 1 is 1.35 bits per heavy atom. The zero-order valence-electron chi connectivity index (χ0n) is 9.38. The maximum Gasteiger partial charge on any atom is 0.326 e. The minimum atomic E-state index is -1.44. The molecule has 0 saturated carbocycles. The van der Waals surface area contributed by atoms with Crippen molar-refractivity contribution >= 4 is 29.6 Å². The van der Waals surface area contributed by atoms with E-state index in [-0.39, 0.29) is 0 Å². The molecular weight excluding hydrogens is 248 g/mol. The molecule has 0 aliphatic rings. The Kier molecular flexibility index (Phi) is 7.31. The molecule has 1 amide bonds. The van der Waals surface area contributed by atoms with Crippen molar-refractivity contribution in [3.8, 4) is 0 Å². The highest BCUT2D eigenvalue weighted by molar-refractivity contribution is 7.98. The Balaban J connectivity index is 4.29. The summed E-state index contributed by atoms with van der Waals surface area (Å²) >= 11 is 1.51. The maximum atomic E-state index is 11.4. The fourth-order valence-electron chi connectivity index (χ4n) is 1.03. The molecule has 0 saturated heterocycles. The van der Waals surface area contributed by atoms with E-state index in [0.29, 0.717) is 12.2 Å². The number of carboxylic acid groups (broad SMARTS) is 2. The number of carbonyl (C=O) groups excluding carboxylic acids is 1. The molecule has 0 heterocycles. The zero-order chi connectivity index (χ0) is 13.4. The van der Waals surface area contributed by atoms with E-state index in [2.05, 4.69) is 5.32 Å². The molecule has 2 atom stereocenters. The number of hydrogen-bond donors (Lipinski definition) is 4. The van der Waals surface area contributed by atoms with Gasteiger partial charge in [-0.25, -0.2) is 4.79 Å². The number of hydrogen-bond acceptors (Lipinski definition) is 5. The van der Waals surface area contributed by atoms with Gasteiger partial charge in [-0.1, -0.05) is 0 Å². The quantitative estimate of drug-likeness (QED) is 0.447. The topological polar surface area (TPSA) is 130 Å². The molecule has 0 radical (unpaired) electrons. The van der Waals surface area contributed by atoms with E-state index in [9.17, 15) is 14.4 Å². The smallest absolute Gasteiger partial charge is 0.326 e. The summed E-state index contributed by atoms with van der Waals surface area (Å²) in [4.78, 5) is 32.5. The van der Waals surface area contributed by atoms with Crippen LogP contribution in [0.4, 0.5) is 0 Å². The van der Waals surface area contributed by atoms with Crippen LogP contribution in [0.2, 0.25) is 0 Å². The minimum absolute atomic E-state index is 0.409. The standard InChI is InChI=1S/C9H16N2O5S/c1-17-3-2-5(10)8(14)11-6(9(15)16)4-7(12)13/h5-6H,2-4,10H2,1H3,(H,11,14)(H,12,13)(H,15,16)/t5-,6-/m0/s1. The van der Waals surface area contributed by atoms with Crippen LogP contribution in [0.25, 0.3) is 0 Å². The van der Waals surface area contributed by atoms with Crippen LogP contribution < -0.4 is 11.1 Å². The van der Waals surface area contributed by atoms with Crippen molar-refractivity contribution in [1.29, 1.82) is 0 Å². The lowest BCUT2D eigenvalue weighted by Gasteiger charge is -2.16. The summed E-state index contributed by atoms with van der Waals surface area (Å²) in [7, 11) is 0. The predicted octanol–water partition coefficient (Wildman–Crippen LogP) is -0.889. The van der Waals surface area contributed by atoms with E-state index in [1.165, 1.54) is 11.8 Å². The Bertz CT molecular complexity index is 297. The Labute approximate surface area is 103 Å². The number of thioether (sulfide) groups is 1. The summed E-state index contributed by atoms with van der Waals surface area (Å²) < 4.78 is 0. The van der Waals surface area contributed by atoms with Crippen LogP contribution in [-0.4, -0.2) is 52.2 Å². The second kappa shape index (κ2) is 7.91. The summed E-state index contributed by atoms with van der Waals surface area (Å²) in [6.45, 7) is 0. The van der Waals surface area contributed by atoms with E-state index in [1.807, 2.05) is 6.26 Å². The number of nitrogens with two attached hydrogens (primary N) is 1. The lowest BCUT2D eigenvalue weighted by molar-refractivity contribution is -0.147. The second-order valence-corrected chi connectivity index (χ2v) is 4.37. The first kappa shape index (κ1) is 15.7. The van der Waals surface area contributed by atoms with Gasteiger partial charge >= 0.3 is 11.9 Å². The van der Waals surface area contributed by atoms with E-state index in [4.69, 9.17) is 15.9 Å². The van der Waals surface area contributed by atoms with Gasteiger partial charge in [0.15, 0.2) is 0 Å². The first-order valence-electron chi connectivity index (χ1n) is 4.88. The van der Waals surface area contributed by atoms with Crippen molar-refractivity contribution in [2.24, 2.45) is 5.73 Å². The van der Waals surface area contributed by atoms with E-state index >= 15 is 0 Å². The van der Waals surface area contributed by atoms with Gasteiger partial charge in [0, 0.05) is 0 Å². The minimum Gasteiger partial charge on any atom is -0.481 e. The molecule has 0 aromatic rings. The lowest BCUT2D eigenvalue weighted by Crippen LogP contribution is -2.49. The van der Waals surface area contributed by atoms with Crippen molar-refractivity contribution in [2.75, 3.05) is 12.0 Å². The van der Waals surface area contributed by atoms with Gasteiger partial charge in [-0.2, -0.15) is 11.8 Å². The third-order valence-corrected chi connectivity index (χ3v) is 2.61. The fraction of sp³-hybridized carbons (Fsp3) is 0.667. The van der Waals surface area contributed by atoms with E-state index in [0.717, 1.165) is 0 Å². The van der Waals surface area contributed by atoms with Gasteiger partial charge in [-0.05, 0) is 18.4 Å². The van der Waals surface area contributed by atoms with Crippen LogP contribution in [0.1, 0.15) is 12.8 Å². The second-order valence-electron chi connectivity index (χ2n) is 3.39. The molecule has 0 aromatic heterocycles. The average molecular weight is 264 g/mol. The van der Waals surface area contributed by atoms with Crippen molar-refractivity contribution in [3.05, 3.63) is 0 Å². The largest absolute Gasteiger partial charge is 0.481 e. The van der Waals surface area contributed by atoms with Crippen LogP contribution in [0, 0.1) is 0 Å². The molecule has 0 spiro atoms. The van der Waals surface area contributed by atoms with Gasteiger partial charge in [0.05, 0.1) is 12.5 Å². The maximum absolute atomic E-state index is 11.4. The SMILES string of the molecule is CSCC[C@H](N)C(=O)N[C@@H](CC(=O)O)C(=O)O. The molecular formula is C9H16N2O5S. The van der Waals surface area contributed by atoms with Crippen molar-refractivity contribution in [3.63, 3.8) is 0 Å². The number of carbonyl (C=O) groups is 3. The number of aliphatic carboxylic acids is 2. The predicted molar refractivity (Wildman–Crippen MR) is 62.8 cm³/mol. The molecule has 0 aliphatic heterocycles. The van der Waals surface area contributed by atoms with Gasteiger partial charge in [0.2, 0.25) is 5.91 Å². The highest BCUT2D eigenvalue weighted by atomic mass is 32.2. The molecule has 5 N–H and O–H groups in total. The molecule has 0 bridgehead atoms. The highest BCUT2D eigenvalue weighted by Gasteiger charge is 2.25. The number of carboxylic acids is 2. The average Bonchev–Trinajstić information content (AvgIpc) is 2.23. The first-order chi connectivity index (χ1) is 7.88. The monoisotopic (exact) mass is 264 g/mol. The van der Waals surface area contributed by atoms with Gasteiger partial charge in [-0.15, -0.1) is 0 Å². The third kappa shape index (κ3) is 6.80. The summed E-state index contributed by atoms with van der Waals surface area (Å²) in [5, 5.41) is 19.3. The number of rotatable bonds is 8. The van der Waals surface area contributed by atoms with Crippen molar-refractivity contribution in [1.82, 2.24) is 5.32 Å². The molecule has 0 aromatic carbocycles. The molecule has 8 heteroatoms. The fourth-order valence-corrected chi connectivity index (χ4v) is 1.52. The van der Waals surface area contributed by atoms with E-state index < -0.39 is 36.4 Å². The van der Waals surface area contributed by atoms with Crippen LogP contribution >= 0.6 is 11.8 Å². The van der Waals surface area contributed by atoms with Crippen molar-refractivity contribution in [2.45, 2.75) is 24.9 Å². The van der Waals surface area contributed by atoms with Crippen molar-refractivity contribution < 1.29 is 24.6 Å².